The molecule has 12 rings (SSSR count). The van der Waals surface area contributed by atoms with Crippen molar-refractivity contribution < 1.29 is 93.5 Å². The van der Waals surface area contributed by atoms with Crippen LogP contribution in [0.25, 0.3) is 0 Å². The number of aliphatic hydroxyl groups is 2. The Morgan fingerprint density at radius 3 is 1.52 bits per heavy atom. The molecule has 5 N–H and O–H groups in total. The van der Waals surface area contributed by atoms with Gasteiger partial charge in [0.25, 0.3) is 0 Å². The molecule has 0 saturated carbocycles. The highest BCUT2D eigenvalue weighted by molar-refractivity contribution is 14.1. The first-order valence-corrected chi connectivity index (χ1v) is 37.7. The van der Waals surface area contributed by atoms with Gasteiger partial charge in [0.1, 0.15) is 23.7 Å². The first-order valence-electron chi connectivity index (χ1n) is 33.3. The molecule has 6 aliphatic rings. The van der Waals surface area contributed by atoms with Crippen molar-refractivity contribution in [2.24, 2.45) is 23.7 Å². The number of halogens is 1. The number of nitrogens with one attached hydrogen (secondary N) is 3. The molecule has 0 radical (unpaired) electrons. The number of H-pyrrole nitrogens is 1. The number of sulfonamides is 2. The van der Waals surface area contributed by atoms with E-state index in [2.05, 4.69) is 48.5 Å². The highest BCUT2D eigenvalue weighted by atomic mass is 127. The molecule has 4 aromatic carbocycles. The average molecular weight is 1530 g/mol. The van der Waals surface area contributed by atoms with Crippen LogP contribution in [0.1, 0.15) is 64.5 Å². The lowest BCUT2D eigenvalue weighted by Gasteiger charge is -2.31. The second kappa shape index (κ2) is 36.0. The standard InChI is InChI=1S/C34H44N4O10S.C31H41IN2O10S.C3H4N2/c1-23(2)19-38(49(41,42)26-9-10-30-31(18-26)47-22-46-30)20-29(39)28(36-34(40)48-32-21-45-33-27(32)11-16-44-33)17-24-5-7-25(8-6-24)43-15-4-14-37-13-3-12-35-37;1-20(2)16-34(45(37,38)23-8-9-27-28(15-23)43-19-42-27)17-26(35)25(14-21-4-6-22(7-5-21)39-12-3-11-32)33-31(36)44-29-18-41-30-24(29)10-13-40-30;1-2-4-5-3-1/h3,5-10,12-13,18,23,27-29,32-33,39H,4,11,14-17,19-22H2,1-2H3,(H,36,40);4-9,15,20,24-26,29-30,35H,3,10-14,16-19H2,1-2H3,(H,33,36);1-3H,(H,4,5)/t27-,28-,29+,32+,33+;24-,25-,26+,29+,30+;/m00./s1. The van der Waals surface area contributed by atoms with Gasteiger partial charge in [0, 0.05) is 80.5 Å². The lowest BCUT2D eigenvalue weighted by Crippen LogP contribution is -2.51. The lowest BCUT2D eigenvalue weighted by atomic mass is 10.0. The second-order valence-electron chi connectivity index (χ2n) is 25.4. The summed E-state index contributed by atoms with van der Waals surface area (Å²) >= 11 is 2.30. The molecule has 2 aromatic heterocycles. The smallest absolute Gasteiger partial charge is 0.407 e. The van der Waals surface area contributed by atoms with E-state index in [0.717, 1.165) is 47.1 Å². The fraction of sp³-hybridized carbons (Fsp3) is 0.529. The monoisotopic (exact) mass is 1530 g/mol. The molecule has 99 heavy (non-hydrogen) atoms. The van der Waals surface area contributed by atoms with E-state index in [1.807, 2.05) is 99.2 Å². The summed E-state index contributed by atoms with van der Waals surface area (Å²) in [7, 11) is -8.11. The second-order valence-corrected chi connectivity index (χ2v) is 30.3. The van der Waals surface area contributed by atoms with Gasteiger partial charge in [-0.05, 0) is 116 Å². The molecule has 28 nitrogen and oxygen atoms in total. The van der Waals surface area contributed by atoms with Gasteiger partial charge in [-0.1, -0.05) is 74.6 Å². The zero-order valence-corrected chi connectivity index (χ0v) is 59.6. The summed E-state index contributed by atoms with van der Waals surface area (Å²) in [6.07, 6.45) is 4.93. The van der Waals surface area contributed by atoms with E-state index in [4.69, 9.17) is 56.8 Å². The maximum Gasteiger partial charge on any atom is 0.407 e. The van der Waals surface area contributed by atoms with Crippen molar-refractivity contribution in [3.05, 3.63) is 133 Å². The van der Waals surface area contributed by atoms with Crippen LogP contribution >= 0.6 is 22.6 Å². The number of aromatic nitrogens is 4. The molecule has 0 aliphatic carbocycles. The predicted molar refractivity (Wildman–Crippen MR) is 367 cm³/mol. The maximum atomic E-state index is 13.9. The van der Waals surface area contributed by atoms with E-state index in [9.17, 15) is 36.6 Å². The third-order valence-electron chi connectivity index (χ3n) is 17.0. The number of hydrogen-bond acceptors (Lipinski definition) is 22. The van der Waals surface area contributed by atoms with Crippen LogP contribution in [0.15, 0.2) is 132 Å². The number of ether oxygens (including phenoxy) is 12. The molecule has 10 atom stereocenters. The fourth-order valence-corrected chi connectivity index (χ4v) is 15.6. The van der Waals surface area contributed by atoms with Gasteiger partial charge < -0.3 is 77.7 Å². The number of nitrogens with zero attached hydrogens (tertiary/aromatic N) is 5. The van der Waals surface area contributed by atoms with Crippen LogP contribution < -0.4 is 39.1 Å². The number of alkyl carbamates (subject to hydrolysis) is 2. The Kier molecular flexibility index (Phi) is 27.1. The Morgan fingerprint density at radius 1 is 0.626 bits per heavy atom. The fourth-order valence-electron chi connectivity index (χ4n) is 12.0. The van der Waals surface area contributed by atoms with Gasteiger partial charge in [-0.15, -0.1) is 0 Å². The van der Waals surface area contributed by atoms with Crippen LogP contribution in [0, 0.1) is 23.7 Å². The van der Waals surface area contributed by atoms with Gasteiger partial charge in [0.05, 0.1) is 85.6 Å². The van der Waals surface area contributed by atoms with Gasteiger partial charge in [0.15, 0.2) is 35.6 Å². The van der Waals surface area contributed by atoms with Gasteiger partial charge in [-0.3, -0.25) is 9.78 Å². The largest absolute Gasteiger partial charge is 0.494 e. The summed E-state index contributed by atoms with van der Waals surface area (Å²) in [5.74, 6) is 2.82. The number of aliphatic hydroxyl groups excluding tert-OH is 2. The molecule has 0 spiro atoms. The minimum Gasteiger partial charge on any atom is -0.494 e. The Morgan fingerprint density at radius 2 is 1.10 bits per heavy atom. The normalized spacial score (nSPS) is 20.8. The third-order valence-corrected chi connectivity index (χ3v) is 21.4. The van der Waals surface area contributed by atoms with Crippen LogP contribution in [0.2, 0.25) is 0 Å². The molecule has 31 heteroatoms. The molecule has 6 aromatic rings. The topological polar surface area (TPSA) is 331 Å². The highest BCUT2D eigenvalue weighted by Crippen LogP contribution is 2.38. The van der Waals surface area contributed by atoms with Gasteiger partial charge >= 0.3 is 12.2 Å². The van der Waals surface area contributed by atoms with Crippen molar-refractivity contribution in [2.45, 2.75) is 132 Å². The quantitative estimate of drug-likeness (QED) is 0.0162. The van der Waals surface area contributed by atoms with Crippen molar-refractivity contribution in [2.75, 3.05) is 83.8 Å². The summed E-state index contributed by atoms with van der Waals surface area (Å²) in [4.78, 5) is 26.5. The number of carbonyl (C=O) groups excluding carboxylic acids is 2. The van der Waals surface area contributed by atoms with Crippen molar-refractivity contribution >= 4 is 54.8 Å². The Bertz CT molecular complexity index is 3700. The molecular formula is C68H89IN8O20S2. The number of alkyl halides is 1. The van der Waals surface area contributed by atoms with Crippen molar-refractivity contribution in [1.82, 2.24) is 39.2 Å². The minimum atomic E-state index is -4.07. The zero-order chi connectivity index (χ0) is 69.9. The van der Waals surface area contributed by atoms with Gasteiger partial charge in [0.2, 0.25) is 33.6 Å². The Hall–Kier alpha value is -7.05. The molecule has 4 saturated heterocycles. The number of fused-ring (bicyclic) bond motifs is 4. The minimum absolute atomic E-state index is 0.0112. The number of hydrogen-bond donors (Lipinski definition) is 5. The summed E-state index contributed by atoms with van der Waals surface area (Å²) in [6.45, 7) is 10.7. The maximum absolute atomic E-state index is 13.9. The van der Waals surface area contributed by atoms with E-state index < -0.39 is 75.0 Å². The van der Waals surface area contributed by atoms with Crippen LogP contribution in [-0.2, 0) is 67.9 Å². The molecule has 8 heterocycles. The molecule has 4 fully saturated rings. The van der Waals surface area contributed by atoms with E-state index in [1.54, 1.807) is 30.7 Å². The Balaban J connectivity index is 0.000000200. The van der Waals surface area contributed by atoms with E-state index in [0.29, 0.717) is 61.6 Å². The lowest BCUT2D eigenvalue weighted by molar-refractivity contribution is -0.0909. The predicted octanol–water partition coefficient (Wildman–Crippen LogP) is 7.32. The van der Waals surface area contributed by atoms with Crippen LogP contribution in [0.4, 0.5) is 9.59 Å². The molecule has 0 bridgehead atoms. The number of amides is 2. The number of benzene rings is 4. The number of aromatic amines is 1. The van der Waals surface area contributed by atoms with Gasteiger partial charge in [-0.25, -0.2) is 26.4 Å². The summed E-state index contributed by atoms with van der Waals surface area (Å²) < 4.78 is 128. The highest BCUT2D eigenvalue weighted by Gasteiger charge is 2.46. The van der Waals surface area contributed by atoms with E-state index in [-0.39, 0.29) is 106 Å². The number of aryl methyl sites for hydroxylation is 1. The molecular weight excluding hydrogens is 1440 g/mol. The van der Waals surface area contributed by atoms with Crippen molar-refractivity contribution in [3.63, 3.8) is 0 Å². The number of carbonyl (C=O) groups is 2. The van der Waals surface area contributed by atoms with E-state index >= 15 is 0 Å². The van der Waals surface area contributed by atoms with Crippen LogP contribution in [0.3, 0.4) is 0 Å². The van der Waals surface area contributed by atoms with Gasteiger partial charge in [-0.2, -0.15) is 18.8 Å². The zero-order valence-electron chi connectivity index (χ0n) is 55.8. The molecule has 2 amide bonds. The Labute approximate surface area is 590 Å². The third kappa shape index (κ3) is 21.0. The van der Waals surface area contributed by atoms with E-state index in [1.165, 1.54) is 32.9 Å². The van der Waals surface area contributed by atoms with Crippen LogP contribution in [-0.4, -0.2) is 201 Å². The van der Waals surface area contributed by atoms with Crippen molar-refractivity contribution in [3.8, 4) is 34.5 Å². The first kappa shape index (κ1) is 74.6. The average Bonchev–Trinajstić information content (AvgIpc) is 1.61. The van der Waals surface area contributed by atoms with Crippen LogP contribution in [0.5, 0.6) is 34.5 Å². The molecule has 0 unspecified atom stereocenters. The summed E-state index contributed by atoms with van der Waals surface area (Å²) in [5.41, 5.74) is 1.62. The summed E-state index contributed by atoms with van der Waals surface area (Å²) in [5, 5.41) is 39.3. The molecule has 6 aliphatic heterocycles. The summed E-state index contributed by atoms with van der Waals surface area (Å²) in [6, 6.07) is 25.6. The molecule has 540 valence electrons. The number of rotatable bonds is 31. The first-order chi connectivity index (χ1) is 47.8. The van der Waals surface area contributed by atoms with Crippen molar-refractivity contribution in [1.29, 1.82) is 0 Å². The SMILES string of the molecule is CC(C)CN(C[C@@H](O)[C@H](Cc1ccc(OCCCI)cc1)NC(=O)O[C@@H]1CO[C@H]2OCC[C@H]21)S(=O)(=O)c1ccc2c(c1)OCO2.CC(C)CN(C[C@@H](O)[C@H](Cc1ccc(OCCCn2cccn2)cc1)NC(=O)O[C@@H]1CO[C@H]2OCC[C@H]21)S(=O)(=O)c1ccc2c(c1)OCO2.c1cn[nH]c1.